The topological polar surface area (TPSA) is 28.4 Å². The Hall–Kier alpha value is -0.800. The summed E-state index contributed by atoms with van der Waals surface area (Å²) >= 11 is 0. The molecule has 1 N–H and O–H groups in total. The number of furan rings is 1. The van der Waals surface area contributed by atoms with E-state index in [-0.39, 0.29) is 0 Å². The highest BCUT2D eigenvalue weighted by Crippen LogP contribution is 2.21. The van der Waals surface area contributed by atoms with Crippen molar-refractivity contribution in [3.8, 4) is 0 Å². The fourth-order valence-corrected chi connectivity index (χ4v) is 2.58. The Balaban J connectivity index is 1.87. The highest BCUT2D eigenvalue weighted by atomic mass is 16.3. The number of nitrogens with one attached hydrogen (secondary N) is 1. The van der Waals surface area contributed by atoms with Crippen molar-refractivity contribution in [2.75, 3.05) is 13.1 Å². The Morgan fingerprint density at radius 1 is 1.50 bits per heavy atom. The van der Waals surface area contributed by atoms with Gasteiger partial charge < -0.3 is 9.73 Å². The van der Waals surface area contributed by atoms with Gasteiger partial charge in [-0.25, -0.2) is 0 Å². The Kier molecular flexibility index (Phi) is 4.84. The molecule has 1 aliphatic heterocycles. The third-order valence-electron chi connectivity index (χ3n) is 3.74. The van der Waals surface area contributed by atoms with Crippen molar-refractivity contribution in [3.63, 3.8) is 0 Å². The molecule has 0 aromatic carbocycles. The van der Waals surface area contributed by atoms with Crippen LogP contribution in [0.1, 0.15) is 44.9 Å². The van der Waals surface area contributed by atoms with Gasteiger partial charge in [-0.2, -0.15) is 0 Å². The molecule has 0 spiro atoms. The first kappa shape index (κ1) is 13.6. The van der Waals surface area contributed by atoms with Crippen molar-refractivity contribution in [2.45, 2.75) is 52.7 Å². The number of likely N-dealkylation sites (tertiary alicyclic amines) is 1. The summed E-state index contributed by atoms with van der Waals surface area (Å²) in [6.45, 7) is 10.9. The smallest absolute Gasteiger partial charge is 0.122 e. The van der Waals surface area contributed by atoms with Crippen molar-refractivity contribution in [1.82, 2.24) is 10.2 Å². The van der Waals surface area contributed by atoms with E-state index in [0.29, 0.717) is 5.92 Å². The van der Waals surface area contributed by atoms with Crippen molar-refractivity contribution in [3.05, 3.63) is 23.7 Å². The molecule has 0 amide bonds. The first-order valence-corrected chi connectivity index (χ1v) is 7.17. The lowest BCUT2D eigenvalue weighted by Crippen LogP contribution is -2.27. The van der Waals surface area contributed by atoms with E-state index >= 15 is 0 Å². The molecule has 102 valence electrons. The second kappa shape index (κ2) is 6.39. The fraction of sp³-hybridized carbons (Fsp3) is 0.733. The number of rotatable bonds is 6. The molecule has 1 aliphatic rings. The third-order valence-corrected chi connectivity index (χ3v) is 3.74. The van der Waals surface area contributed by atoms with Gasteiger partial charge in [-0.1, -0.05) is 13.8 Å². The molecule has 0 bridgehead atoms. The molecule has 0 saturated carbocycles. The Labute approximate surface area is 111 Å². The Morgan fingerprint density at radius 3 is 3.00 bits per heavy atom. The standard InChI is InChI=1S/C15H26N2O/c1-12(2)9-16-10-15-14(6-8-18-15)11-17-7-4-5-13(17)3/h6,8,12-13,16H,4-5,7,9-11H2,1-3H3. The summed E-state index contributed by atoms with van der Waals surface area (Å²) in [4.78, 5) is 2.55. The molecular weight excluding hydrogens is 224 g/mol. The molecule has 0 aliphatic carbocycles. The average Bonchev–Trinajstić information content (AvgIpc) is 2.90. The van der Waals surface area contributed by atoms with Crippen LogP contribution in [0.2, 0.25) is 0 Å². The minimum absolute atomic E-state index is 0.682. The van der Waals surface area contributed by atoms with Crippen LogP contribution in [0.5, 0.6) is 0 Å². The summed E-state index contributed by atoms with van der Waals surface area (Å²) < 4.78 is 5.60. The van der Waals surface area contributed by atoms with Gasteiger partial charge in [0.15, 0.2) is 0 Å². The highest BCUT2D eigenvalue weighted by molar-refractivity contribution is 5.17. The van der Waals surface area contributed by atoms with Crippen molar-refractivity contribution in [1.29, 1.82) is 0 Å². The molecule has 2 heterocycles. The summed E-state index contributed by atoms with van der Waals surface area (Å²) in [5, 5.41) is 3.45. The third kappa shape index (κ3) is 3.59. The predicted octanol–water partition coefficient (Wildman–Crippen LogP) is 3.01. The minimum Gasteiger partial charge on any atom is -0.468 e. The van der Waals surface area contributed by atoms with Gasteiger partial charge in [-0.05, 0) is 44.8 Å². The maximum absolute atomic E-state index is 5.60. The van der Waals surface area contributed by atoms with Gasteiger partial charge >= 0.3 is 0 Å². The second-order valence-corrected chi connectivity index (χ2v) is 5.86. The normalized spacial score (nSPS) is 21.0. The summed E-state index contributed by atoms with van der Waals surface area (Å²) in [6.07, 6.45) is 4.49. The lowest BCUT2D eigenvalue weighted by molar-refractivity contribution is 0.258. The molecule has 18 heavy (non-hydrogen) atoms. The summed E-state index contributed by atoms with van der Waals surface area (Å²) in [5.74, 6) is 1.79. The summed E-state index contributed by atoms with van der Waals surface area (Å²) in [6, 6.07) is 2.84. The molecule has 3 nitrogen and oxygen atoms in total. The second-order valence-electron chi connectivity index (χ2n) is 5.86. The van der Waals surface area contributed by atoms with Crippen LogP contribution in [0.15, 0.2) is 16.7 Å². The lowest BCUT2D eigenvalue weighted by atomic mass is 10.2. The fourth-order valence-electron chi connectivity index (χ4n) is 2.58. The number of nitrogens with zero attached hydrogens (tertiary/aromatic N) is 1. The van der Waals surface area contributed by atoms with Crippen LogP contribution in [0.25, 0.3) is 0 Å². The Bertz CT molecular complexity index is 359. The summed E-state index contributed by atoms with van der Waals surface area (Å²) in [5.41, 5.74) is 1.35. The zero-order chi connectivity index (χ0) is 13.0. The van der Waals surface area contributed by atoms with Crippen LogP contribution in [-0.2, 0) is 13.1 Å². The molecule has 1 aromatic rings. The van der Waals surface area contributed by atoms with Gasteiger partial charge in [-0.15, -0.1) is 0 Å². The van der Waals surface area contributed by atoms with E-state index in [1.165, 1.54) is 24.9 Å². The van der Waals surface area contributed by atoms with Gasteiger partial charge in [0.1, 0.15) is 5.76 Å². The molecule has 2 rings (SSSR count). The van der Waals surface area contributed by atoms with E-state index in [9.17, 15) is 0 Å². The van der Waals surface area contributed by atoms with Crippen LogP contribution in [0, 0.1) is 5.92 Å². The molecule has 0 radical (unpaired) electrons. The van der Waals surface area contributed by atoms with E-state index < -0.39 is 0 Å². The van der Waals surface area contributed by atoms with Crippen LogP contribution in [-0.4, -0.2) is 24.0 Å². The molecule has 1 fully saturated rings. The van der Waals surface area contributed by atoms with Crippen LogP contribution < -0.4 is 5.32 Å². The molecule has 1 saturated heterocycles. The SMILES string of the molecule is CC(C)CNCc1occc1CN1CCCC1C. The van der Waals surface area contributed by atoms with E-state index in [2.05, 4.69) is 37.1 Å². The quantitative estimate of drug-likeness (QED) is 0.841. The Morgan fingerprint density at radius 2 is 2.33 bits per heavy atom. The van der Waals surface area contributed by atoms with Crippen molar-refractivity contribution >= 4 is 0 Å². The van der Waals surface area contributed by atoms with Crippen molar-refractivity contribution < 1.29 is 4.42 Å². The van der Waals surface area contributed by atoms with E-state index in [4.69, 9.17) is 4.42 Å². The van der Waals surface area contributed by atoms with E-state index in [0.717, 1.165) is 31.4 Å². The molecule has 1 atom stereocenters. The number of hydrogen-bond acceptors (Lipinski definition) is 3. The zero-order valence-electron chi connectivity index (χ0n) is 11.9. The van der Waals surface area contributed by atoms with Gasteiger partial charge in [-0.3, -0.25) is 4.90 Å². The first-order chi connectivity index (χ1) is 8.66. The maximum Gasteiger partial charge on any atom is 0.122 e. The molecule has 1 unspecified atom stereocenters. The van der Waals surface area contributed by atoms with Gasteiger partial charge in [0.25, 0.3) is 0 Å². The number of hydrogen-bond donors (Lipinski definition) is 1. The van der Waals surface area contributed by atoms with Crippen LogP contribution >= 0.6 is 0 Å². The largest absolute Gasteiger partial charge is 0.468 e. The first-order valence-electron chi connectivity index (χ1n) is 7.17. The van der Waals surface area contributed by atoms with E-state index in [1.807, 2.05) is 6.26 Å². The van der Waals surface area contributed by atoms with Gasteiger partial charge in [0.2, 0.25) is 0 Å². The average molecular weight is 250 g/mol. The lowest BCUT2D eigenvalue weighted by Gasteiger charge is -2.20. The van der Waals surface area contributed by atoms with Gasteiger partial charge in [0.05, 0.1) is 12.8 Å². The highest BCUT2D eigenvalue weighted by Gasteiger charge is 2.21. The molecular formula is C15H26N2O. The van der Waals surface area contributed by atoms with Crippen LogP contribution in [0.4, 0.5) is 0 Å². The predicted molar refractivity (Wildman–Crippen MR) is 74.4 cm³/mol. The monoisotopic (exact) mass is 250 g/mol. The minimum atomic E-state index is 0.682. The zero-order valence-corrected chi connectivity index (χ0v) is 11.9. The van der Waals surface area contributed by atoms with Gasteiger partial charge in [0, 0.05) is 18.2 Å². The summed E-state index contributed by atoms with van der Waals surface area (Å²) in [7, 11) is 0. The van der Waals surface area contributed by atoms with E-state index in [1.54, 1.807) is 0 Å². The maximum atomic E-state index is 5.60. The van der Waals surface area contributed by atoms with Crippen LogP contribution in [0.3, 0.4) is 0 Å². The van der Waals surface area contributed by atoms with Crippen molar-refractivity contribution in [2.24, 2.45) is 5.92 Å². The molecule has 1 aromatic heterocycles. The molecule has 3 heteroatoms.